The summed E-state index contributed by atoms with van der Waals surface area (Å²) in [6, 6.07) is 3.70. The Hall–Kier alpha value is -1.40. The van der Waals surface area contributed by atoms with Crippen LogP contribution in [0.15, 0.2) is 12.1 Å². The van der Waals surface area contributed by atoms with E-state index in [0.29, 0.717) is 6.54 Å². The smallest absolute Gasteiger partial charge is 0.303 e. The fraction of sp³-hybridized carbons (Fsp3) is 0.500. The first-order valence-electron chi connectivity index (χ1n) is 5.72. The van der Waals surface area contributed by atoms with E-state index in [0.717, 1.165) is 16.2 Å². The van der Waals surface area contributed by atoms with Crippen molar-refractivity contribution in [3.63, 3.8) is 0 Å². The van der Waals surface area contributed by atoms with Gasteiger partial charge >= 0.3 is 5.97 Å². The standard InChI is InChI=1S/C12H17NO4S/c1-8(14)13-7-6-9-2-4-11(18-9)10(15)3-5-12(16)17/h2,4,10,15H,3,5-7H2,1H3,(H,13,14)(H,16,17). The quantitative estimate of drug-likeness (QED) is 0.698. The van der Waals surface area contributed by atoms with Gasteiger partial charge < -0.3 is 15.5 Å². The van der Waals surface area contributed by atoms with Gasteiger partial charge in [-0.1, -0.05) is 0 Å². The molecule has 1 aromatic heterocycles. The van der Waals surface area contributed by atoms with E-state index in [2.05, 4.69) is 5.32 Å². The van der Waals surface area contributed by atoms with Crippen molar-refractivity contribution in [3.05, 3.63) is 21.9 Å². The minimum Gasteiger partial charge on any atom is -0.481 e. The Morgan fingerprint density at radius 3 is 2.78 bits per heavy atom. The van der Waals surface area contributed by atoms with Crippen LogP contribution in [0.25, 0.3) is 0 Å². The van der Waals surface area contributed by atoms with Crippen LogP contribution < -0.4 is 5.32 Å². The van der Waals surface area contributed by atoms with Gasteiger partial charge in [0.05, 0.1) is 6.10 Å². The Balaban J connectivity index is 2.41. The summed E-state index contributed by atoms with van der Waals surface area (Å²) >= 11 is 1.45. The van der Waals surface area contributed by atoms with Crippen molar-refractivity contribution in [2.24, 2.45) is 0 Å². The van der Waals surface area contributed by atoms with Crippen LogP contribution in [0.5, 0.6) is 0 Å². The molecule has 5 nitrogen and oxygen atoms in total. The minimum absolute atomic E-state index is 0.0414. The minimum atomic E-state index is -0.906. The number of carbonyl (C=O) groups excluding carboxylic acids is 1. The van der Waals surface area contributed by atoms with E-state index in [1.165, 1.54) is 18.3 Å². The number of hydrogen-bond donors (Lipinski definition) is 3. The summed E-state index contributed by atoms with van der Waals surface area (Å²) in [5.41, 5.74) is 0. The maximum Gasteiger partial charge on any atom is 0.303 e. The number of carboxylic acid groups (broad SMARTS) is 1. The number of rotatable bonds is 7. The summed E-state index contributed by atoms with van der Waals surface area (Å²) < 4.78 is 0. The Bertz CT molecular complexity index is 416. The SMILES string of the molecule is CC(=O)NCCc1ccc(C(O)CCC(=O)O)s1. The molecule has 0 fully saturated rings. The zero-order valence-electron chi connectivity index (χ0n) is 10.2. The molecule has 1 heterocycles. The van der Waals surface area contributed by atoms with Gasteiger partial charge in [0.1, 0.15) is 0 Å². The summed E-state index contributed by atoms with van der Waals surface area (Å²) in [6.07, 6.45) is 0.178. The van der Waals surface area contributed by atoms with Gasteiger partial charge in [0, 0.05) is 29.6 Å². The van der Waals surface area contributed by atoms with E-state index in [9.17, 15) is 14.7 Å². The summed E-state index contributed by atoms with van der Waals surface area (Å²) in [6.45, 7) is 2.04. The number of aliphatic carboxylic acids is 1. The van der Waals surface area contributed by atoms with Crippen LogP contribution in [0.1, 0.15) is 35.6 Å². The van der Waals surface area contributed by atoms with Gasteiger partial charge in [-0.15, -0.1) is 11.3 Å². The van der Waals surface area contributed by atoms with Crippen molar-refractivity contribution in [2.75, 3.05) is 6.54 Å². The Morgan fingerprint density at radius 1 is 1.44 bits per heavy atom. The summed E-state index contributed by atoms with van der Waals surface area (Å²) in [5.74, 6) is -0.968. The van der Waals surface area contributed by atoms with E-state index < -0.39 is 12.1 Å². The fourth-order valence-electron chi connectivity index (χ4n) is 1.47. The molecule has 0 saturated heterocycles. The van der Waals surface area contributed by atoms with Crippen molar-refractivity contribution in [3.8, 4) is 0 Å². The fourth-order valence-corrected chi connectivity index (χ4v) is 2.51. The second-order valence-corrected chi connectivity index (χ2v) is 5.19. The molecule has 0 aliphatic rings. The molecule has 100 valence electrons. The van der Waals surface area contributed by atoms with E-state index in [-0.39, 0.29) is 18.7 Å². The number of amides is 1. The van der Waals surface area contributed by atoms with E-state index in [1.807, 2.05) is 6.07 Å². The predicted molar refractivity (Wildman–Crippen MR) is 68.5 cm³/mol. The molecule has 0 spiro atoms. The molecule has 1 atom stereocenters. The van der Waals surface area contributed by atoms with Crippen molar-refractivity contribution in [1.82, 2.24) is 5.32 Å². The third-order valence-electron chi connectivity index (χ3n) is 2.39. The van der Waals surface area contributed by atoms with Crippen molar-refractivity contribution in [2.45, 2.75) is 32.3 Å². The Labute approximate surface area is 109 Å². The third-order valence-corrected chi connectivity index (χ3v) is 3.63. The van der Waals surface area contributed by atoms with Crippen LogP contribution in [0.3, 0.4) is 0 Å². The van der Waals surface area contributed by atoms with Gasteiger partial charge in [-0.25, -0.2) is 0 Å². The molecule has 0 aliphatic heterocycles. The van der Waals surface area contributed by atoms with Crippen molar-refractivity contribution in [1.29, 1.82) is 0 Å². The zero-order chi connectivity index (χ0) is 13.5. The van der Waals surface area contributed by atoms with Crippen LogP contribution in [-0.2, 0) is 16.0 Å². The highest BCUT2D eigenvalue weighted by atomic mass is 32.1. The lowest BCUT2D eigenvalue weighted by Crippen LogP contribution is -2.22. The van der Waals surface area contributed by atoms with Crippen LogP contribution in [0, 0.1) is 0 Å². The lowest BCUT2D eigenvalue weighted by molar-refractivity contribution is -0.137. The maximum atomic E-state index is 10.7. The van der Waals surface area contributed by atoms with Crippen LogP contribution in [0.2, 0.25) is 0 Å². The average Bonchev–Trinajstić information content (AvgIpc) is 2.74. The first kappa shape index (κ1) is 14.7. The molecule has 0 aromatic carbocycles. The van der Waals surface area contributed by atoms with Gasteiger partial charge in [-0.05, 0) is 25.0 Å². The largest absolute Gasteiger partial charge is 0.481 e. The maximum absolute atomic E-state index is 10.7. The van der Waals surface area contributed by atoms with Crippen molar-refractivity contribution < 1.29 is 19.8 Å². The molecular weight excluding hydrogens is 254 g/mol. The topological polar surface area (TPSA) is 86.6 Å². The molecule has 0 bridgehead atoms. The van der Waals surface area contributed by atoms with Gasteiger partial charge in [0.25, 0.3) is 0 Å². The molecular formula is C12H17NO4S. The molecule has 1 rings (SSSR count). The van der Waals surface area contributed by atoms with E-state index in [1.54, 1.807) is 6.07 Å². The highest BCUT2D eigenvalue weighted by Crippen LogP contribution is 2.26. The first-order valence-corrected chi connectivity index (χ1v) is 6.53. The highest BCUT2D eigenvalue weighted by molar-refractivity contribution is 7.12. The molecule has 0 saturated carbocycles. The predicted octanol–water partition coefficient (Wildman–Crippen LogP) is 1.32. The summed E-state index contributed by atoms with van der Waals surface area (Å²) in [4.78, 5) is 22.9. The van der Waals surface area contributed by atoms with Gasteiger partial charge in [-0.3, -0.25) is 9.59 Å². The monoisotopic (exact) mass is 271 g/mol. The molecule has 1 amide bonds. The summed E-state index contributed by atoms with van der Waals surface area (Å²) in [5, 5.41) is 21.0. The summed E-state index contributed by atoms with van der Waals surface area (Å²) in [7, 11) is 0. The number of hydrogen-bond acceptors (Lipinski definition) is 4. The van der Waals surface area contributed by atoms with Gasteiger partial charge in [-0.2, -0.15) is 0 Å². The number of carbonyl (C=O) groups is 2. The Morgan fingerprint density at radius 2 is 2.17 bits per heavy atom. The second-order valence-electron chi connectivity index (χ2n) is 3.99. The van der Waals surface area contributed by atoms with E-state index >= 15 is 0 Å². The molecule has 3 N–H and O–H groups in total. The highest BCUT2D eigenvalue weighted by Gasteiger charge is 2.12. The van der Waals surface area contributed by atoms with Gasteiger partial charge in [0.15, 0.2) is 0 Å². The molecule has 1 aromatic rings. The number of aliphatic hydroxyl groups is 1. The van der Waals surface area contributed by atoms with Crippen molar-refractivity contribution >= 4 is 23.2 Å². The Kier molecular flexibility index (Phi) is 5.80. The number of aliphatic hydroxyl groups excluding tert-OH is 1. The normalized spacial score (nSPS) is 12.1. The molecule has 6 heteroatoms. The molecule has 0 radical (unpaired) electrons. The first-order chi connectivity index (χ1) is 8.49. The van der Waals surface area contributed by atoms with Crippen LogP contribution in [-0.4, -0.2) is 28.6 Å². The third kappa shape index (κ3) is 5.29. The lowest BCUT2D eigenvalue weighted by atomic mass is 10.1. The molecule has 18 heavy (non-hydrogen) atoms. The van der Waals surface area contributed by atoms with Gasteiger partial charge in [0.2, 0.25) is 5.91 Å². The van der Waals surface area contributed by atoms with Crippen LogP contribution in [0.4, 0.5) is 0 Å². The number of thiophene rings is 1. The lowest BCUT2D eigenvalue weighted by Gasteiger charge is -2.05. The number of nitrogens with one attached hydrogen (secondary N) is 1. The molecule has 1 unspecified atom stereocenters. The van der Waals surface area contributed by atoms with Crippen LogP contribution >= 0.6 is 11.3 Å². The average molecular weight is 271 g/mol. The zero-order valence-corrected chi connectivity index (χ0v) is 11.0. The van der Waals surface area contributed by atoms with E-state index in [4.69, 9.17) is 5.11 Å². The molecule has 0 aliphatic carbocycles. The number of carboxylic acids is 1. The second kappa shape index (κ2) is 7.13.